The standard InChI is InChI=1S/C20H28O2/c1-14(2)19-12-20(21)16(4)18(19)9-8-15(3)6-5-7-17-10-11-22-13-17/h6,10-11,13-14,19H,5,7-9,12H2,1-4H3/b15-6+. The Kier molecular flexibility index (Phi) is 5.82. The molecule has 0 fully saturated rings. The molecule has 1 aliphatic carbocycles. The van der Waals surface area contributed by atoms with Crippen LogP contribution < -0.4 is 0 Å². The van der Waals surface area contributed by atoms with Gasteiger partial charge in [-0.3, -0.25) is 4.79 Å². The molecule has 120 valence electrons. The smallest absolute Gasteiger partial charge is 0.159 e. The molecule has 0 radical (unpaired) electrons. The molecule has 0 saturated heterocycles. The van der Waals surface area contributed by atoms with E-state index in [1.165, 1.54) is 16.7 Å². The summed E-state index contributed by atoms with van der Waals surface area (Å²) in [4.78, 5) is 12.0. The predicted octanol–water partition coefficient (Wildman–Crippen LogP) is 5.50. The van der Waals surface area contributed by atoms with Crippen LogP contribution in [0.25, 0.3) is 0 Å². The summed E-state index contributed by atoms with van der Waals surface area (Å²) in [7, 11) is 0. The lowest BCUT2D eigenvalue weighted by atomic mass is 9.86. The molecule has 0 saturated carbocycles. The lowest BCUT2D eigenvalue weighted by molar-refractivity contribution is -0.115. The Morgan fingerprint density at radius 2 is 2.18 bits per heavy atom. The average molecular weight is 300 g/mol. The van der Waals surface area contributed by atoms with Gasteiger partial charge in [-0.1, -0.05) is 31.1 Å². The van der Waals surface area contributed by atoms with Gasteiger partial charge in [-0.2, -0.15) is 0 Å². The summed E-state index contributed by atoms with van der Waals surface area (Å²) in [5, 5.41) is 0. The van der Waals surface area contributed by atoms with E-state index in [9.17, 15) is 4.79 Å². The Hall–Kier alpha value is -1.57. The fourth-order valence-corrected chi connectivity index (χ4v) is 3.30. The van der Waals surface area contributed by atoms with Crippen molar-refractivity contribution in [2.75, 3.05) is 0 Å². The van der Waals surface area contributed by atoms with Crippen LogP contribution in [0.15, 0.2) is 45.8 Å². The number of furan rings is 1. The summed E-state index contributed by atoms with van der Waals surface area (Å²) >= 11 is 0. The van der Waals surface area contributed by atoms with E-state index in [1.54, 1.807) is 6.26 Å². The Morgan fingerprint density at radius 3 is 2.82 bits per heavy atom. The zero-order valence-electron chi connectivity index (χ0n) is 14.3. The molecule has 1 heterocycles. The zero-order valence-corrected chi connectivity index (χ0v) is 14.3. The van der Waals surface area contributed by atoms with Crippen LogP contribution in [-0.2, 0) is 11.2 Å². The number of ketones is 1. The van der Waals surface area contributed by atoms with Crippen molar-refractivity contribution in [1.82, 2.24) is 0 Å². The summed E-state index contributed by atoms with van der Waals surface area (Å²) in [5.41, 5.74) is 5.11. The second-order valence-corrected chi connectivity index (χ2v) is 6.85. The number of Topliss-reactive ketones (excluding diaryl/α,β-unsaturated/α-hetero) is 1. The van der Waals surface area contributed by atoms with E-state index in [2.05, 4.69) is 26.8 Å². The van der Waals surface area contributed by atoms with Gasteiger partial charge < -0.3 is 4.42 Å². The minimum atomic E-state index is 0.357. The van der Waals surface area contributed by atoms with E-state index in [0.717, 1.165) is 37.7 Å². The molecule has 1 aromatic heterocycles. The molecule has 2 heteroatoms. The first-order valence-corrected chi connectivity index (χ1v) is 8.38. The number of hydrogen-bond acceptors (Lipinski definition) is 2. The van der Waals surface area contributed by atoms with Gasteiger partial charge in [0, 0.05) is 6.42 Å². The topological polar surface area (TPSA) is 30.2 Å². The molecule has 2 rings (SSSR count). The van der Waals surface area contributed by atoms with Crippen LogP contribution in [0.5, 0.6) is 0 Å². The zero-order chi connectivity index (χ0) is 16.1. The van der Waals surface area contributed by atoms with E-state index in [-0.39, 0.29) is 0 Å². The molecule has 0 bridgehead atoms. The lowest BCUT2D eigenvalue weighted by Crippen LogP contribution is -2.09. The van der Waals surface area contributed by atoms with Gasteiger partial charge in [-0.15, -0.1) is 0 Å². The summed E-state index contributed by atoms with van der Waals surface area (Å²) in [5.74, 6) is 1.38. The summed E-state index contributed by atoms with van der Waals surface area (Å²) in [6.07, 6.45) is 10.8. The van der Waals surface area contributed by atoms with E-state index in [1.807, 2.05) is 19.3 Å². The number of allylic oxidation sites excluding steroid dienone is 4. The van der Waals surface area contributed by atoms with E-state index >= 15 is 0 Å². The summed E-state index contributed by atoms with van der Waals surface area (Å²) < 4.78 is 5.08. The minimum Gasteiger partial charge on any atom is -0.472 e. The highest BCUT2D eigenvalue weighted by atomic mass is 16.3. The number of aryl methyl sites for hydroxylation is 1. The van der Waals surface area contributed by atoms with Crippen LogP contribution in [0.3, 0.4) is 0 Å². The Morgan fingerprint density at radius 1 is 1.41 bits per heavy atom. The van der Waals surface area contributed by atoms with Crippen molar-refractivity contribution < 1.29 is 9.21 Å². The minimum absolute atomic E-state index is 0.357. The molecule has 1 aromatic rings. The van der Waals surface area contributed by atoms with Gasteiger partial charge in [-0.05, 0) is 68.6 Å². The van der Waals surface area contributed by atoms with Crippen molar-refractivity contribution in [3.63, 3.8) is 0 Å². The maximum atomic E-state index is 12.0. The van der Waals surface area contributed by atoms with Crippen molar-refractivity contribution >= 4 is 5.78 Å². The first kappa shape index (κ1) is 16.8. The van der Waals surface area contributed by atoms with Crippen LogP contribution in [0.2, 0.25) is 0 Å². The number of carbonyl (C=O) groups excluding carboxylic acids is 1. The summed E-state index contributed by atoms with van der Waals surface area (Å²) in [6.45, 7) is 8.67. The van der Waals surface area contributed by atoms with Crippen LogP contribution >= 0.6 is 0 Å². The van der Waals surface area contributed by atoms with Crippen molar-refractivity contribution in [1.29, 1.82) is 0 Å². The predicted molar refractivity (Wildman–Crippen MR) is 90.7 cm³/mol. The van der Waals surface area contributed by atoms with Crippen molar-refractivity contribution in [3.05, 3.63) is 47.0 Å². The molecule has 0 aromatic carbocycles. The molecule has 1 unspecified atom stereocenters. The largest absolute Gasteiger partial charge is 0.472 e. The molecule has 0 aliphatic heterocycles. The van der Waals surface area contributed by atoms with Gasteiger partial charge in [0.2, 0.25) is 0 Å². The second-order valence-electron chi connectivity index (χ2n) is 6.85. The van der Waals surface area contributed by atoms with Crippen LogP contribution in [0.1, 0.15) is 58.9 Å². The van der Waals surface area contributed by atoms with Crippen molar-refractivity contribution in [3.8, 4) is 0 Å². The van der Waals surface area contributed by atoms with Crippen LogP contribution in [-0.4, -0.2) is 5.78 Å². The number of carbonyl (C=O) groups is 1. The normalized spacial score (nSPS) is 19.6. The maximum Gasteiger partial charge on any atom is 0.159 e. The van der Waals surface area contributed by atoms with Gasteiger partial charge in [-0.25, -0.2) is 0 Å². The highest BCUT2D eigenvalue weighted by Crippen LogP contribution is 2.37. The fraction of sp³-hybridized carbons (Fsp3) is 0.550. The molecule has 0 spiro atoms. The molecule has 1 aliphatic rings. The van der Waals surface area contributed by atoms with E-state index < -0.39 is 0 Å². The van der Waals surface area contributed by atoms with E-state index in [4.69, 9.17) is 4.42 Å². The molecule has 22 heavy (non-hydrogen) atoms. The van der Waals surface area contributed by atoms with Gasteiger partial charge in [0.1, 0.15) is 0 Å². The third-order valence-corrected chi connectivity index (χ3v) is 4.85. The highest BCUT2D eigenvalue weighted by molar-refractivity contribution is 5.98. The SMILES string of the molecule is CC1=C(CC/C(C)=C/CCc2ccoc2)C(C(C)C)CC1=O. The molecule has 0 N–H and O–H groups in total. The molecular weight excluding hydrogens is 272 g/mol. The van der Waals surface area contributed by atoms with E-state index in [0.29, 0.717) is 17.6 Å². The van der Waals surface area contributed by atoms with Crippen LogP contribution in [0.4, 0.5) is 0 Å². The third-order valence-electron chi connectivity index (χ3n) is 4.85. The third kappa shape index (κ3) is 4.22. The summed E-state index contributed by atoms with van der Waals surface area (Å²) in [6, 6.07) is 2.02. The highest BCUT2D eigenvalue weighted by Gasteiger charge is 2.30. The Bertz CT molecular complexity index is 559. The number of rotatable bonds is 7. The van der Waals surface area contributed by atoms with Crippen LogP contribution in [0, 0.1) is 11.8 Å². The Balaban J connectivity index is 1.86. The van der Waals surface area contributed by atoms with Crippen molar-refractivity contribution in [2.24, 2.45) is 11.8 Å². The first-order chi connectivity index (χ1) is 10.5. The van der Waals surface area contributed by atoms with Gasteiger partial charge in [0.15, 0.2) is 5.78 Å². The maximum absolute atomic E-state index is 12.0. The quantitative estimate of drug-likeness (QED) is 0.622. The Labute approximate surface area is 134 Å². The fourth-order valence-electron chi connectivity index (χ4n) is 3.30. The van der Waals surface area contributed by atoms with Gasteiger partial charge in [0.05, 0.1) is 12.5 Å². The molecule has 1 atom stereocenters. The molecular formula is C20H28O2. The molecule has 0 amide bonds. The second kappa shape index (κ2) is 7.62. The van der Waals surface area contributed by atoms with Crippen molar-refractivity contribution in [2.45, 2.75) is 59.8 Å². The first-order valence-electron chi connectivity index (χ1n) is 8.38. The average Bonchev–Trinajstić information content (AvgIpc) is 3.07. The monoisotopic (exact) mass is 300 g/mol. The number of hydrogen-bond donors (Lipinski definition) is 0. The molecule has 2 nitrogen and oxygen atoms in total. The lowest BCUT2D eigenvalue weighted by Gasteiger charge is -2.18. The van der Waals surface area contributed by atoms with Gasteiger partial charge >= 0.3 is 0 Å². The van der Waals surface area contributed by atoms with Gasteiger partial charge in [0.25, 0.3) is 0 Å².